The van der Waals surface area contributed by atoms with Gasteiger partial charge in [-0.1, -0.05) is 0 Å². The second-order valence-electron chi connectivity index (χ2n) is 4.74. The molecule has 0 radical (unpaired) electrons. The van der Waals surface area contributed by atoms with Gasteiger partial charge in [-0.15, -0.1) is 0 Å². The van der Waals surface area contributed by atoms with Gasteiger partial charge >= 0.3 is 12.0 Å². The molecule has 1 aliphatic rings. The monoisotopic (exact) mass is 257 g/mol. The molecular weight excluding hydrogens is 238 g/mol. The predicted octanol–water partition coefficient (Wildman–Crippen LogP) is -0.373. The highest BCUT2D eigenvalue weighted by Gasteiger charge is 2.48. The van der Waals surface area contributed by atoms with Crippen molar-refractivity contribution in [2.75, 3.05) is 20.6 Å². The molecule has 7 nitrogen and oxygen atoms in total. The summed E-state index contributed by atoms with van der Waals surface area (Å²) in [5, 5.41) is 14.1. The van der Waals surface area contributed by atoms with Gasteiger partial charge in [-0.2, -0.15) is 0 Å². The van der Waals surface area contributed by atoms with E-state index in [9.17, 15) is 19.5 Å². The van der Waals surface area contributed by atoms with Crippen LogP contribution in [0.1, 0.15) is 19.8 Å². The van der Waals surface area contributed by atoms with Crippen LogP contribution in [0.5, 0.6) is 0 Å². The highest BCUT2D eigenvalue weighted by molar-refractivity contribution is 5.88. The van der Waals surface area contributed by atoms with E-state index in [0.29, 0.717) is 0 Å². The zero-order valence-electron chi connectivity index (χ0n) is 10.8. The molecule has 1 unspecified atom stereocenters. The van der Waals surface area contributed by atoms with E-state index in [0.717, 1.165) is 17.7 Å². The van der Waals surface area contributed by atoms with E-state index in [2.05, 4.69) is 10.6 Å². The van der Waals surface area contributed by atoms with E-state index in [1.54, 1.807) is 0 Å². The van der Waals surface area contributed by atoms with Crippen molar-refractivity contribution in [2.45, 2.75) is 25.3 Å². The normalized spacial score (nSPS) is 17.5. The third-order valence-corrected chi connectivity index (χ3v) is 3.21. The van der Waals surface area contributed by atoms with Crippen LogP contribution in [0, 0.1) is 5.92 Å². The number of rotatable bonds is 5. The maximum absolute atomic E-state index is 11.8. The molecule has 0 bridgehead atoms. The van der Waals surface area contributed by atoms with Gasteiger partial charge in [0.05, 0.1) is 0 Å². The summed E-state index contributed by atoms with van der Waals surface area (Å²) in [6, 6.07) is -0.560. The Morgan fingerprint density at radius 1 is 1.39 bits per heavy atom. The summed E-state index contributed by atoms with van der Waals surface area (Å²) in [5.74, 6) is -1.39. The van der Waals surface area contributed by atoms with Crippen LogP contribution in [0.4, 0.5) is 4.79 Å². The van der Waals surface area contributed by atoms with Crippen LogP contribution in [0.15, 0.2) is 0 Å². The summed E-state index contributed by atoms with van der Waals surface area (Å²) in [5.41, 5.74) is -1.26. The summed E-state index contributed by atoms with van der Waals surface area (Å²) in [6.45, 7) is 1.39. The van der Waals surface area contributed by atoms with Gasteiger partial charge in [0, 0.05) is 14.1 Å². The fourth-order valence-electron chi connectivity index (χ4n) is 1.67. The summed E-state index contributed by atoms with van der Waals surface area (Å²) in [6.07, 6.45) is 1.59. The minimum absolute atomic E-state index is 0.0349. The Morgan fingerprint density at radius 2 is 1.94 bits per heavy atom. The second kappa shape index (κ2) is 5.24. The van der Waals surface area contributed by atoms with Crippen molar-refractivity contribution in [3.8, 4) is 0 Å². The lowest BCUT2D eigenvalue weighted by molar-refractivity contribution is -0.144. The first kappa shape index (κ1) is 14.3. The number of aliphatic carboxylic acids is 1. The van der Waals surface area contributed by atoms with Gasteiger partial charge in [-0.05, 0) is 25.7 Å². The van der Waals surface area contributed by atoms with Crippen LogP contribution >= 0.6 is 0 Å². The summed E-state index contributed by atoms with van der Waals surface area (Å²) in [7, 11) is 2.92. The van der Waals surface area contributed by atoms with E-state index in [4.69, 9.17) is 0 Å². The van der Waals surface area contributed by atoms with Crippen molar-refractivity contribution in [1.29, 1.82) is 0 Å². The zero-order valence-corrected chi connectivity index (χ0v) is 10.8. The van der Waals surface area contributed by atoms with Crippen molar-refractivity contribution in [3.63, 3.8) is 0 Å². The number of hydrogen-bond acceptors (Lipinski definition) is 3. The number of carbonyl (C=O) groups is 3. The van der Waals surface area contributed by atoms with Crippen molar-refractivity contribution in [1.82, 2.24) is 15.5 Å². The summed E-state index contributed by atoms with van der Waals surface area (Å²) in [4.78, 5) is 35.3. The predicted molar refractivity (Wildman–Crippen MR) is 64.0 cm³/mol. The minimum atomic E-state index is -1.26. The van der Waals surface area contributed by atoms with Gasteiger partial charge in [0.25, 0.3) is 0 Å². The average molecular weight is 257 g/mol. The first-order valence-corrected chi connectivity index (χ1v) is 5.78. The molecule has 1 fully saturated rings. The van der Waals surface area contributed by atoms with E-state index in [-0.39, 0.29) is 18.4 Å². The van der Waals surface area contributed by atoms with Crippen molar-refractivity contribution in [3.05, 3.63) is 0 Å². The number of nitrogens with zero attached hydrogens (tertiary/aromatic N) is 1. The maximum atomic E-state index is 11.8. The Balaban J connectivity index is 2.62. The SMILES string of the molecule is CNC(=O)CN(C)C(=O)NC(C)(C(=O)O)C1CC1. The van der Waals surface area contributed by atoms with E-state index in [1.165, 1.54) is 21.0 Å². The number of urea groups is 1. The molecule has 1 saturated carbocycles. The van der Waals surface area contributed by atoms with E-state index < -0.39 is 17.5 Å². The Kier molecular flexibility index (Phi) is 4.15. The Hall–Kier alpha value is -1.79. The molecule has 0 saturated heterocycles. The molecule has 0 aromatic heterocycles. The van der Waals surface area contributed by atoms with Gasteiger partial charge in [0.1, 0.15) is 12.1 Å². The quantitative estimate of drug-likeness (QED) is 0.625. The molecule has 1 rings (SSSR count). The molecule has 0 aromatic rings. The molecule has 0 heterocycles. The van der Waals surface area contributed by atoms with Crippen molar-refractivity contribution in [2.24, 2.45) is 5.92 Å². The first-order chi connectivity index (χ1) is 8.31. The number of carboxylic acids is 1. The fraction of sp³-hybridized carbons (Fsp3) is 0.727. The summed E-state index contributed by atoms with van der Waals surface area (Å²) < 4.78 is 0. The molecule has 18 heavy (non-hydrogen) atoms. The standard InChI is InChI=1S/C11H19N3O4/c1-11(9(16)17,7-4-5-7)13-10(18)14(3)6-8(15)12-2/h7H,4-6H2,1-3H3,(H,12,15)(H,13,18)(H,16,17). The molecule has 3 amide bonds. The number of nitrogens with one attached hydrogen (secondary N) is 2. The number of likely N-dealkylation sites (N-methyl/N-ethyl adjacent to an activating group) is 2. The van der Waals surface area contributed by atoms with Crippen LogP contribution in [0.3, 0.4) is 0 Å². The number of hydrogen-bond donors (Lipinski definition) is 3. The smallest absolute Gasteiger partial charge is 0.329 e. The molecule has 7 heteroatoms. The third kappa shape index (κ3) is 3.12. The number of carboxylic acid groups (broad SMARTS) is 1. The highest BCUT2D eigenvalue weighted by Crippen LogP contribution is 2.39. The molecule has 0 aromatic carbocycles. The van der Waals surface area contributed by atoms with Gasteiger partial charge in [0.2, 0.25) is 5.91 Å². The van der Waals surface area contributed by atoms with Gasteiger partial charge in [0.15, 0.2) is 0 Å². The van der Waals surface area contributed by atoms with Crippen molar-refractivity contribution < 1.29 is 19.5 Å². The second-order valence-corrected chi connectivity index (χ2v) is 4.74. The highest BCUT2D eigenvalue weighted by atomic mass is 16.4. The van der Waals surface area contributed by atoms with Gasteiger partial charge in [-0.3, -0.25) is 4.79 Å². The summed E-state index contributed by atoms with van der Waals surface area (Å²) >= 11 is 0. The number of amides is 3. The van der Waals surface area contributed by atoms with Crippen molar-refractivity contribution >= 4 is 17.9 Å². The molecule has 0 aliphatic heterocycles. The lowest BCUT2D eigenvalue weighted by atomic mass is 9.96. The first-order valence-electron chi connectivity index (χ1n) is 5.78. The van der Waals surface area contributed by atoms with E-state index >= 15 is 0 Å². The fourth-order valence-corrected chi connectivity index (χ4v) is 1.67. The number of carbonyl (C=O) groups excluding carboxylic acids is 2. The van der Waals surface area contributed by atoms with Gasteiger partial charge < -0.3 is 20.6 Å². The van der Waals surface area contributed by atoms with Crippen LogP contribution in [0.2, 0.25) is 0 Å². The average Bonchev–Trinajstić information content (AvgIpc) is 3.12. The molecule has 1 atom stereocenters. The lowest BCUT2D eigenvalue weighted by Crippen LogP contribution is -2.57. The largest absolute Gasteiger partial charge is 0.480 e. The molecule has 3 N–H and O–H groups in total. The van der Waals surface area contributed by atoms with Gasteiger partial charge in [-0.25, -0.2) is 9.59 Å². The van der Waals surface area contributed by atoms with Crippen LogP contribution < -0.4 is 10.6 Å². The van der Waals surface area contributed by atoms with E-state index in [1.807, 2.05) is 0 Å². The molecule has 1 aliphatic carbocycles. The molecule has 0 spiro atoms. The third-order valence-electron chi connectivity index (χ3n) is 3.21. The Labute approximate surface area is 106 Å². The topological polar surface area (TPSA) is 98.7 Å². The van der Waals surface area contributed by atoms with Crippen LogP contribution in [-0.2, 0) is 9.59 Å². The zero-order chi connectivity index (χ0) is 13.9. The molecular formula is C11H19N3O4. The maximum Gasteiger partial charge on any atom is 0.329 e. The minimum Gasteiger partial charge on any atom is -0.480 e. The van der Waals surface area contributed by atoms with Crippen LogP contribution in [0.25, 0.3) is 0 Å². The Morgan fingerprint density at radius 3 is 2.33 bits per heavy atom. The lowest BCUT2D eigenvalue weighted by Gasteiger charge is -2.28. The Bertz CT molecular complexity index is 367. The van der Waals surface area contributed by atoms with Crippen LogP contribution in [-0.4, -0.2) is 54.1 Å². The molecule has 102 valence electrons.